The van der Waals surface area contributed by atoms with Gasteiger partial charge in [0.25, 0.3) is 0 Å². The Labute approximate surface area is 80.5 Å². The van der Waals surface area contributed by atoms with E-state index in [9.17, 15) is 4.79 Å². The van der Waals surface area contributed by atoms with E-state index < -0.39 is 0 Å². The van der Waals surface area contributed by atoms with Crippen LogP contribution in [0, 0.1) is 5.92 Å². The largest absolute Gasteiger partial charge is 0.343 e. The van der Waals surface area contributed by atoms with Crippen LogP contribution in [0.15, 0.2) is 0 Å². The summed E-state index contributed by atoms with van der Waals surface area (Å²) in [5, 5.41) is 3.34. The first-order chi connectivity index (χ1) is 6.24. The van der Waals surface area contributed by atoms with Crippen molar-refractivity contribution in [3.63, 3.8) is 0 Å². The van der Waals surface area contributed by atoms with Gasteiger partial charge in [-0.3, -0.25) is 4.79 Å². The summed E-state index contributed by atoms with van der Waals surface area (Å²) < 4.78 is 0. The molecule has 0 spiro atoms. The molecule has 0 radical (unpaired) electrons. The molecular formula is C10H20N2O. The topological polar surface area (TPSA) is 32.3 Å². The van der Waals surface area contributed by atoms with Gasteiger partial charge >= 0.3 is 0 Å². The molecule has 1 amide bonds. The van der Waals surface area contributed by atoms with Crippen LogP contribution in [0.1, 0.15) is 26.7 Å². The van der Waals surface area contributed by atoms with Crippen molar-refractivity contribution in [3.05, 3.63) is 0 Å². The molecule has 1 heterocycles. The minimum absolute atomic E-state index is 0.223. The average Bonchev–Trinajstić information content (AvgIpc) is 2.15. The minimum Gasteiger partial charge on any atom is -0.343 e. The maximum atomic E-state index is 11.1. The molecule has 3 heteroatoms. The first kappa shape index (κ1) is 10.5. The lowest BCUT2D eigenvalue weighted by atomic mass is 9.98. The molecule has 0 bridgehead atoms. The number of carbonyl (C=O) groups excluding carboxylic acids is 1. The third kappa shape index (κ3) is 3.35. The smallest absolute Gasteiger partial charge is 0.219 e. The molecule has 1 aliphatic rings. The fourth-order valence-corrected chi connectivity index (χ4v) is 1.87. The van der Waals surface area contributed by atoms with Crippen molar-refractivity contribution in [2.24, 2.45) is 5.92 Å². The summed E-state index contributed by atoms with van der Waals surface area (Å²) in [7, 11) is 0. The number of hydrogen-bond acceptors (Lipinski definition) is 2. The van der Waals surface area contributed by atoms with Crippen LogP contribution in [0.2, 0.25) is 0 Å². The zero-order chi connectivity index (χ0) is 9.68. The Hall–Kier alpha value is -0.570. The van der Waals surface area contributed by atoms with E-state index in [-0.39, 0.29) is 5.91 Å². The van der Waals surface area contributed by atoms with Gasteiger partial charge in [-0.2, -0.15) is 0 Å². The Morgan fingerprint density at radius 3 is 3.00 bits per heavy atom. The van der Waals surface area contributed by atoms with E-state index in [4.69, 9.17) is 0 Å². The van der Waals surface area contributed by atoms with Gasteiger partial charge in [0, 0.05) is 20.0 Å². The molecule has 1 saturated heterocycles. The first-order valence-corrected chi connectivity index (χ1v) is 5.20. The van der Waals surface area contributed by atoms with Crippen LogP contribution in [-0.2, 0) is 4.79 Å². The monoisotopic (exact) mass is 184 g/mol. The van der Waals surface area contributed by atoms with E-state index in [0.717, 1.165) is 32.6 Å². The van der Waals surface area contributed by atoms with Crippen molar-refractivity contribution in [3.8, 4) is 0 Å². The average molecular weight is 184 g/mol. The Balaban J connectivity index is 2.29. The molecule has 0 aromatic carbocycles. The van der Waals surface area contributed by atoms with Crippen LogP contribution in [-0.4, -0.2) is 37.0 Å². The second-order valence-corrected chi connectivity index (χ2v) is 3.78. The highest BCUT2D eigenvalue weighted by Crippen LogP contribution is 2.15. The SMILES string of the molecule is CCNC[C@H]1CCCN(C(C)=O)C1. The quantitative estimate of drug-likeness (QED) is 0.705. The molecule has 1 fully saturated rings. The third-order valence-corrected chi connectivity index (χ3v) is 2.65. The molecule has 0 aliphatic carbocycles. The van der Waals surface area contributed by atoms with Gasteiger partial charge in [0.1, 0.15) is 0 Å². The summed E-state index contributed by atoms with van der Waals surface area (Å²) in [6.07, 6.45) is 2.42. The number of carbonyl (C=O) groups is 1. The van der Waals surface area contributed by atoms with Gasteiger partial charge in [0.15, 0.2) is 0 Å². The number of nitrogens with one attached hydrogen (secondary N) is 1. The van der Waals surface area contributed by atoms with Crippen LogP contribution in [0.25, 0.3) is 0 Å². The zero-order valence-corrected chi connectivity index (χ0v) is 8.68. The molecular weight excluding hydrogens is 164 g/mol. The van der Waals surface area contributed by atoms with Crippen LogP contribution in [0.4, 0.5) is 0 Å². The molecule has 0 saturated carbocycles. The van der Waals surface area contributed by atoms with Crippen molar-refractivity contribution in [1.82, 2.24) is 10.2 Å². The molecule has 3 nitrogen and oxygen atoms in total. The van der Waals surface area contributed by atoms with Gasteiger partial charge in [-0.05, 0) is 31.8 Å². The standard InChI is InChI=1S/C10H20N2O/c1-3-11-7-10-5-4-6-12(8-10)9(2)13/h10-11H,3-8H2,1-2H3/t10-/m1/s1. The molecule has 76 valence electrons. The molecule has 0 aromatic rings. The highest BCUT2D eigenvalue weighted by molar-refractivity contribution is 5.73. The molecule has 1 rings (SSSR count). The van der Waals surface area contributed by atoms with Crippen molar-refractivity contribution >= 4 is 5.91 Å². The van der Waals surface area contributed by atoms with Gasteiger partial charge in [-0.25, -0.2) is 0 Å². The van der Waals surface area contributed by atoms with Crippen molar-refractivity contribution < 1.29 is 4.79 Å². The lowest BCUT2D eigenvalue weighted by molar-refractivity contribution is -0.130. The summed E-state index contributed by atoms with van der Waals surface area (Å²) in [4.78, 5) is 13.1. The van der Waals surface area contributed by atoms with E-state index >= 15 is 0 Å². The lowest BCUT2D eigenvalue weighted by Gasteiger charge is -2.32. The van der Waals surface area contributed by atoms with E-state index in [2.05, 4.69) is 12.2 Å². The molecule has 0 unspecified atom stereocenters. The van der Waals surface area contributed by atoms with E-state index in [0.29, 0.717) is 5.92 Å². The Bertz CT molecular complexity index is 170. The summed E-state index contributed by atoms with van der Waals surface area (Å²) in [5.74, 6) is 0.888. The predicted molar refractivity (Wildman–Crippen MR) is 53.5 cm³/mol. The Kier molecular flexibility index (Phi) is 4.22. The predicted octanol–water partition coefficient (Wildman–Crippen LogP) is 0.854. The molecule has 13 heavy (non-hydrogen) atoms. The van der Waals surface area contributed by atoms with Crippen LogP contribution in [0.3, 0.4) is 0 Å². The van der Waals surface area contributed by atoms with Crippen LogP contribution >= 0.6 is 0 Å². The highest BCUT2D eigenvalue weighted by Gasteiger charge is 2.20. The third-order valence-electron chi connectivity index (χ3n) is 2.65. The second kappa shape index (κ2) is 5.22. The van der Waals surface area contributed by atoms with Crippen LogP contribution < -0.4 is 5.32 Å². The molecule has 1 N–H and O–H groups in total. The normalized spacial score (nSPS) is 23.2. The molecule has 1 atom stereocenters. The number of likely N-dealkylation sites (tertiary alicyclic amines) is 1. The lowest BCUT2D eigenvalue weighted by Crippen LogP contribution is -2.41. The maximum Gasteiger partial charge on any atom is 0.219 e. The van der Waals surface area contributed by atoms with Gasteiger partial charge in [0.2, 0.25) is 5.91 Å². The minimum atomic E-state index is 0.223. The van der Waals surface area contributed by atoms with Crippen molar-refractivity contribution in [2.45, 2.75) is 26.7 Å². The Morgan fingerprint density at radius 2 is 2.38 bits per heavy atom. The zero-order valence-electron chi connectivity index (χ0n) is 8.68. The van der Waals surface area contributed by atoms with Gasteiger partial charge in [0.05, 0.1) is 0 Å². The Morgan fingerprint density at radius 1 is 1.62 bits per heavy atom. The first-order valence-electron chi connectivity index (χ1n) is 5.20. The van der Waals surface area contributed by atoms with E-state index in [1.54, 1.807) is 6.92 Å². The van der Waals surface area contributed by atoms with Crippen LogP contribution in [0.5, 0.6) is 0 Å². The summed E-state index contributed by atoms with van der Waals surface area (Å²) in [5.41, 5.74) is 0. The number of piperidine rings is 1. The summed E-state index contributed by atoms with van der Waals surface area (Å²) >= 11 is 0. The van der Waals surface area contributed by atoms with Crippen molar-refractivity contribution in [2.75, 3.05) is 26.2 Å². The maximum absolute atomic E-state index is 11.1. The second-order valence-electron chi connectivity index (χ2n) is 3.78. The summed E-state index contributed by atoms with van der Waals surface area (Å²) in [6.45, 7) is 7.76. The fourth-order valence-electron chi connectivity index (χ4n) is 1.87. The number of rotatable bonds is 3. The molecule has 0 aromatic heterocycles. The van der Waals surface area contributed by atoms with Gasteiger partial charge in [-0.15, -0.1) is 0 Å². The summed E-state index contributed by atoms with van der Waals surface area (Å²) in [6, 6.07) is 0. The van der Waals surface area contributed by atoms with E-state index in [1.807, 2.05) is 4.90 Å². The number of amides is 1. The van der Waals surface area contributed by atoms with Gasteiger partial charge in [-0.1, -0.05) is 6.92 Å². The molecule has 1 aliphatic heterocycles. The van der Waals surface area contributed by atoms with E-state index in [1.165, 1.54) is 6.42 Å². The van der Waals surface area contributed by atoms with Crippen molar-refractivity contribution in [1.29, 1.82) is 0 Å². The van der Waals surface area contributed by atoms with Gasteiger partial charge < -0.3 is 10.2 Å². The number of hydrogen-bond donors (Lipinski definition) is 1. The number of nitrogens with zero attached hydrogens (tertiary/aromatic N) is 1. The highest BCUT2D eigenvalue weighted by atomic mass is 16.2. The fraction of sp³-hybridized carbons (Fsp3) is 0.900.